The van der Waals surface area contributed by atoms with Gasteiger partial charge in [-0.2, -0.15) is 0 Å². The van der Waals surface area contributed by atoms with Crippen molar-refractivity contribution >= 4 is 41.2 Å². The summed E-state index contributed by atoms with van der Waals surface area (Å²) in [6, 6.07) is 15.7. The minimum absolute atomic E-state index is 0. The molecule has 0 atom stereocenters. The van der Waals surface area contributed by atoms with Crippen molar-refractivity contribution < 1.29 is 9.21 Å². The molecule has 0 unspecified atom stereocenters. The lowest BCUT2D eigenvalue weighted by molar-refractivity contribution is -0.126. The van der Waals surface area contributed by atoms with Crippen LogP contribution in [0.4, 0.5) is 5.82 Å². The molecule has 1 fully saturated rings. The fraction of sp³-hybridized carbons (Fsp3) is 0.200. The third kappa shape index (κ3) is 3.89. The molecule has 3 aromatic rings. The molecule has 1 amide bonds. The first-order chi connectivity index (χ1) is 12.3. The zero-order valence-electron chi connectivity index (χ0n) is 14.2. The van der Waals surface area contributed by atoms with Crippen molar-refractivity contribution in [1.82, 2.24) is 9.88 Å². The minimum Gasteiger partial charge on any atom is -0.457 e. The molecule has 1 aliphatic heterocycles. The molecule has 2 aromatic heterocycles. The van der Waals surface area contributed by atoms with E-state index in [0.717, 1.165) is 29.9 Å². The average molecular weight is 370 g/mol. The fourth-order valence-electron chi connectivity index (χ4n) is 3.04. The number of carbonyl (C=O) groups is 1. The Morgan fingerprint density at radius 3 is 2.54 bits per heavy atom. The van der Waals surface area contributed by atoms with E-state index in [9.17, 15) is 4.79 Å². The second-order valence-corrected chi connectivity index (χ2v) is 6.02. The average Bonchev–Trinajstić information content (AvgIpc) is 3.10. The number of carbonyl (C=O) groups excluding carboxylic acids is 1. The highest BCUT2D eigenvalue weighted by atomic mass is 35.5. The molecule has 26 heavy (non-hydrogen) atoms. The standard InChI is InChI=1S/C20H19N3O2.ClH/c24-20(9-8-17-15-16-5-1-2-6-18(16)25-17)23-13-11-22(12-14-23)19-7-3-4-10-21-19;/h1-10,15H,11-14H2;1H/b9-8+;. The number of piperazine rings is 1. The number of benzene rings is 1. The first-order valence-electron chi connectivity index (χ1n) is 8.41. The van der Waals surface area contributed by atoms with Crippen LogP contribution in [0, 0.1) is 0 Å². The van der Waals surface area contributed by atoms with Crippen LogP contribution in [0.3, 0.4) is 0 Å². The Balaban J connectivity index is 0.00000196. The topological polar surface area (TPSA) is 49.6 Å². The van der Waals surface area contributed by atoms with Crippen LogP contribution in [0.1, 0.15) is 5.76 Å². The lowest BCUT2D eigenvalue weighted by Crippen LogP contribution is -2.48. The van der Waals surface area contributed by atoms with Crippen LogP contribution in [-0.4, -0.2) is 42.0 Å². The van der Waals surface area contributed by atoms with Gasteiger partial charge in [0, 0.05) is 43.8 Å². The number of hydrogen-bond donors (Lipinski definition) is 0. The van der Waals surface area contributed by atoms with Crippen LogP contribution < -0.4 is 4.90 Å². The van der Waals surface area contributed by atoms with E-state index in [4.69, 9.17) is 4.42 Å². The van der Waals surface area contributed by atoms with Crippen LogP contribution in [0.2, 0.25) is 0 Å². The molecule has 1 saturated heterocycles. The van der Waals surface area contributed by atoms with Gasteiger partial charge in [-0.15, -0.1) is 12.4 Å². The first kappa shape index (κ1) is 18.0. The molecular weight excluding hydrogens is 350 g/mol. The Labute approximate surface area is 158 Å². The fourth-order valence-corrected chi connectivity index (χ4v) is 3.04. The number of hydrogen-bond acceptors (Lipinski definition) is 4. The predicted molar refractivity (Wildman–Crippen MR) is 106 cm³/mol. The third-order valence-corrected chi connectivity index (χ3v) is 4.40. The van der Waals surface area contributed by atoms with Gasteiger partial charge in [0.1, 0.15) is 17.2 Å². The summed E-state index contributed by atoms with van der Waals surface area (Å²) in [4.78, 5) is 20.8. The second-order valence-electron chi connectivity index (χ2n) is 6.02. The van der Waals surface area contributed by atoms with Crippen molar-refractivity contribution in [2.75, 3.05) is 31.1 Å². The van der Waals surface area contributed by atoms with Crippen molar-refractivity contribution in [3.05, 3.63) is 66.6 Å². The van der Waals surface area contributed by atoms with E-state index in [1.54, 1.807) is 18.3 Å². The maximum atomic E-state index is 12.4. The number of aromatic nitrogens is 1. The Morgan fingerprint density at radius 2 is 1.81 bits per heavy atom. The summed E-state index contributed by atoms with van der Waals surface area (Å²) in [5, 5.41) is 1.04. The van der Waals surface area contributed by atoms with Crippen LogP contribution in [0.15, 0.2) is 65.2 Å². The van der Waals surface area contributed by atoms with Gasteiger partial charge in [-0.05, 0) is 30.3 Å². The SMILES string of the molecule is Cl.O=C(/C=C/c1cc2ccccc2o1)N1CCN(c2ccccn2)CC1. The normalized spacial score (nSPS) is 14.6. The summed E-state index contributed by atoms with van der Waals surface area (Å²) >= 11 is 0. The smallest absolute Gasteiger partial charge is 0.246 e. The zero-order valence-corrected chi connectivity index (χ0v) is 15.1. The lowest BCUT2D eigenvalue weighted by Gasteiger charge is -2.34. The van der Waals surface area contributed by atoms with Crippen molar-refractivity contribution in [2.24, 2.45) is 0 Å². The third-order valence-electron chi connectivity index (χ3n) is 4.40. The van der Waals surface area contributed by atoms with Gasteiger partial charge >= 0.3 is 0 Å². The van der Waals surface area contributed by atoms with Gasteiger partial charge in [-0.3, -0.25) is 4.79 Å². The Bertz CT molecular complexity index is 867. The molecule has 1 aromatic carbocycles. The van der Waals surface area contributed by atoms with Crippen molar-refractivity contribution in [2.45, 2.75) is 0 Å². The summed E-state index contributed by atoms with van der Waals surface area (Å²) in [5.74, 6) is 1.68. The van der Waals surface area contributed by atoms with E-state index in [0.29, 0.717) is 18.8 Å². The molecule has 0 radical (unpaired) electrons. The van der Waals surface area contributed by atoms with E-state index >= 15 is 0 Å². The molecule has 6 heteroatoms. The maximum Gasteiger partial charge on any atom is 0.246 e. The van der Waals surface area contributed by atoms with Crippen LogP contribution in [0.25, 0.3) is 17.0 Å². The van der Waals surface area contributed by atoms with Gasteiger partial charge in [0.2, 0.25) is 5.91 Å². The first-order valence-corrected chi connectivity index (χ1v) is 8.41. The highest BCUT2D eigenvalue weighted by Crippen LogP contribution is 2.20. The second kappa shape index (κ2) is 8.06. The summed E-state index contributed by atoms with van der Waals surface area (Å²) in [5.41, 5.74) is 0.832. The van der Waals surface area contributed by atoms with E-state index in [-0.39, 0.29) is 18.3 Å². The molecule has 0 aliphatic carbocycles. The number of rotatable bonds is 3. The number of nitrogens with zero attached hydrogens (tertiary/aromatic N) is 3. The number of amides is 1. The molecule has 134 valence electrons. The molecule has 0 spiro atoms. The molecule has 0 saturated carbocycles. The highest BCUT2D eigenvalue weighted by Gasteiger charge is 2.20. The Kier molecular flexibility index (Phi) is 5.58. The van der Waals surface area contributed by atoms with Crippen molar-refractivity contribution in [1.29, 1.82) is 0 Å². The molecule has 0 N–H and O–H groups in total. The number of furan rings is 1. The van der Waals surface area contributed by atoms with E-state index in [1.807, 2.05) is 53.4 Å². The van der Waals surface area contributed by atoms with Crippen molar-refractivity contribution in [3.63, 3.8) is 0 Å². The number of halogens is 1. The number of anilines is 1. The summed E-state index contributed by atoms with van der Waals surface area (Å²) in [6.07, 6.45) is 5.13. The largest absolute Gasteiger partial charge is 0.457 e. The molecule has 0 bridgehead atoms. The molecule has 4 rings (SSSR count). The summed E-state index contributed by atoms with van der Waals surface area (Å²) < 4.78 is 5.71. The van der Waals surface area contributed by atoms with Crippen molar-refractivity contribution in [3.8, 4) is 0 Å². The highest BCUT2D eigenvalue weighted by molar-refractivity contribution is 5.92. The minimum atomic E-state index is 0. The molecule has 3 heterocycles. The Morgan fingerprint density at radius 1 is 1.04 bits per heavy atom. The van der Waals surface area contributed by atoms with E-state index in [1.165, 1.54) is 0 Å². The van der Waals surface area contributed by atoms with Gasteiger partial charge in [0.25, 0.3) is 0 Å². The molecular formula is C20H20ClN3O2. The van der Waals surface area contributed by atoms with Crippen LogP contribution in [-0.2, 0) is 4.79 Å². The summed E-state index contributed by atoms with van der Waals surface area (Å²) in [6.45, 7) is 2.97. The monoisotopic (exact) mass is 369 g/mol. The predicted octanol–water partition coefficient (Wildman–Crippen LogP) is 3.61. The van der Waals surface area contributed by atoms with Gasteiger partial charge in [0.05, 0.1) is 0 Å². The van der Waals surface area contributed by atoms with Gasteiger partial charge in [0.15, 0.2) is 0 Å². The van der Waals surface area contributed by atoms with Gasteiger partial charge < -0.3 is 14.2 Å². The molecule has 1 aliphatic rings. The molecule has 5 nitrogen and oxygen atoms in total. The number of pyridine rings is 1. The van der Waals surface area contributed by atoms with Crippen LogP contribution in [0.5, 0.6) is 0 Å². The van der Waals surface area contributed by atoms with E-state index in [2.05, 4.69) is 9.88 Å². The Hall–Kier alpha value is -2.79. The maximum absolute atomic E-state index is 12.4. The van der Waals surface area contributed by atoms with E-state index < -0.39 is 0 Å². The lowest BCUT2D eigenvalue weighted by atomic mass is 10.2. The van der Waals surface area contributed by atoms with Crippen LogP contribution >= 0.6 is 12.4 Å². The van der Waals surface area contributed by atoms with Gasteiger partial charge in [-0.1, -0.05) is 24.3 Å². The summed E-state index contributed by atoms with van der Waals surface area (Å²) in [7, 11) is 0. The zero-order chi connectivity index (χ0) is 17.1. The van der Waals surface area contributed by atoms with Gasteiger partial charge in [-0.25, -0.2) is 4.98 Å². The number of para-hydroxylation sites is 1. The number of fused-ring (bicyclic) bond motifs is 1. The quantitative estimate of drug-likeness (QED) is 0.662.